The van der Waals surface area contributed by atoms with Crippen LogP contribution in [0.2, 0.25) is 0 Å². The van der Waals surface area contributed by atoms with Crippen molar-refractivity contribution in [3.8, 4) is 0 Å². The minimum Gasteiger partial charge on any atom is -0.362 e. The number of fused-ring (bicyclic) bond motifs is 2. The summed E-state index contributed by atoms with van der Waals surface area (Å²) in [6, 6.07) is 10.5. The molecule has 1 aromatic carbocycles. The summed E-state index contributed by atoms with van der Waals surface area (Å²) >= 11 is 0. The Kier molecular flexibility index (Phi) is 3.39. The van der Waals surface area contributed by atoms with Gasteiger partial charge < -0.3 is 9.84 Å². The topological polar surface area (TPSA) is 29.5 Å². The van der Waals surface area contributed by atoms with Crippen molar-refractivity contribution in [3.05, 3.63) is 47.0 Å². The molecule has 112 valence electrons. The number of benzene rings is 1. The Morgan fingerprint density at radius 1 is 1.00 bits per heavy atom. The van der Waals surface area contributed by atoms with E-state index < -0.39 is 5.79 Å². The molecule has 0 spiro atoms. The molecule has 0 amide bonds. The molecule has 2 saturated carbocycles. The zero-order valence-corrected chi connectivity index (χ0v) is 12.6. The fraction of sp³-hybridized carbons (Fsp3) is 0.579. The van der Waals surface area contributed by atoms with Crippen molar-refractivity contribution >= 4 is 0 Å². The molecule has 0 saturated heterocycles. The zero-order chi connectivity index (χ0) is 14.3. The van der Waals surface area contributed by atoms with Crippen LogP contribution < -0.4 is 0 Å². The van der Waals surface area contributed by atoms with Crippen LogP contribution in [0.1, 0.15) is 63.0 Å². The molecule has 2 aliphatic carbocycles. The van der Waals surface area contributed by atoms with Crippen molar-refractivity contribution in [2.24, 2.45) is 5.92 Å². The predicted octanol–water partition coefficient (Wildman–Crippen LogP) is 4.51. The smallest absolute Gasteiger partial charge is 0.189 e. The largest absolute Gasteiger partial charge is 0.362 e. The van der Waals surface area contributed by atoms with Crippen LogP contribution in [0, 0.1) is 5.92 Å². The molecule has 1 aliphatic heterocycles. The third kappa shape index (κ3) is 2.25. The van der Waals surface area contributed by atoms with Gasteiger partial charge in [-0.25, -0.2) is 0 Å². The van der Waals surface area contributed by atoms with Crippen LogP contribution >= 0.6 is 0 Å². The monoisotopic (exact) mass is 284 g/mol. The van der Waals surface area contributed by atoms with Gasteiger partial charge in [-0.3, -0.25) is 0 Å². The van der Waals surface area contributed by atoms with E-state index in [-0.39, 0.29) is 6.10 Å². The molecule has 1 N–H and O–H groups in total. The van der Waals surface area contributed by atoms with E-state index in [2.05, 4.69) is 24.3 Å². The van der Waals surface area contributed by atoms with Crippen LogP contribution in [0.4, 0.5) is 0 Å². The number of rotatable bonds is 1. The number of aliphatic hydroxyl groups is 1. The first-order valence-electron chi connectivity index (χ1n) is 8.45. The third-order valence-corrected chi connectivity index (χ3v) is 5.53. The lowest BCUT2D eigenvalue weighted by Crippen LogP contribution is -2.46. The minimum atomic E-state index is -0.984. The van der Waals surface area contributed by atoms with Gasteiger partial charge in [-0.05, 0) is 49.7 Å². The quantitative estimate of drug-likeness (QED) is 0.769. The standard InChI is InChI=1S/C19H24O2/c20-19-13-7-6-12-17(19)15-10-4-5-11-16(15)18(21-19)14-8-2-1-3-9-14/h1-3,8-9,16,18,20H,4-7,10-13H2/t16-,18-,19+/m1/s1. The molecule has 21 heavy (non-hydrogen) atoms. The maximum Gasteiger partial charge on any atom is 0.189 e. The molecule has 0 bridgehead atoms. The lowest BCUT2D eigenvalue weighted by atomic mass is 9.70. The van der Waals surface area contributed by atoms with Gasteiger partial charge in [-0.15, -0.1) is 0 Å². The Hall–Kier alpha value is -1.12. The van der Waals surface area contributed by atoms with Gasteiger partial charge in [0.2, 0.25) is 0 Å². The Bertz CT molecular complexity index is 548. The second-order valence-corrected chi connectivity index (χ2v) is 6.80. The van der Waals surface area contributed by atoms with Crippen LogP contribution in [0.3, 0.4) is 0 Å². The molecule has 0 radical (unpaired) electrons. The molecular weight excluding hydrogens is 260 g/mol. The Morgan fingerprint density at radius 2 is 1.81 bits per heavy atom. The van der Waals surface area contributed by atoms with Crippen LogP contribution in [-0.4, -0.2) is 10.9 Å². The zero-order valence-electron chi connectivity index (χ0n) is 12.6. The minimum absolute atomic E-state index is 0.0355. The van der Waals surface area contributed by atoms with Gasteiger partial charge in [0.15, 0.2) is 5.79 Å². The van der Waals surface area contributed by atoms with Crippen molar-refractivity contribution < 1.29 is 9.84 Å². The normalized spacial score (nSPS) is 36.0. The molecular formula is C19H24O2. The summed E-state index contributed by atoms with van der Waals surface area (Å²) in [6.45, 7) is 0. The predicted molar refractivity (Wildman–Crippen MR) is 82.7 cm³/mol. The summed E-state index contributed by atoms with van der Waals surface area (Å²) in [6.07, 6.45) is 9.02. The third-order valence-electron chi connectivity index (χ3n) is 5.53. The van der Waals surface area contributed by atoms with E-state index >= 15 is 0 Å². The molecule has 4 rings (SSSR count). The molecule has 0 unspecified atom stereocenters. The lowest BCUT2D eigenvalue weighted by molar-refractivity contribution is -0.238. The highest BCUT2D eigenvalue weighted by molar-refractivity contribution is 5.33. The second kappa shape index (κ2) is 5.26. The van der Waals surface area contributed by atoms with Crippen LogP contribution in [0.25, 0.3) is 0 Å². The Balaban J connectivity index is 1.79. The van der Waals surface area contributed by atoms with E-state index in [1.807, 2.05) is 6.07 Å². The average Bonchev–Trinajstić information content (AvgIpc) is 2.54. The van der Waals surface area contributed by atoms with Gasteiger partial charge in [0.05, 0.1) is 6.10 Å². The average molecular weight is 284 g/mol. The molecule has 2 fully saturated rings. The summed E-state index contributed by atoms with van der Waals surface area (Å²) < 4.78 is 6.33. The molecule has 1 heterocycles. The van der Waals surface area contributed by atoms with Crippen molar-refractivity contribution in [1.29, 1.82) is 0 Å². The summed E-state index contributed by atoms with van der Waals surface area (Å²) in [5, 5.41) is 11.1. The first kappa shape index (κ1) is 13.5. The van der Waals surface area contributed by atoms with Gasteiger partial charge in [-0.2, -0.15) is 0 Å². The number of hydrogen-bond acceptors (Lipinski definition) is 2. The van der Waals surface area contributed by atoms with Crippen molar-refractivity contribution in [1.82, 2.24) is 0 Å². The fourth-order valence-corrected chi connectivity index (χ4v) is 4.54. The van der Waals surface area contributed by atoms with E-state index in [1.165, 1.54) is 42.4 Å². The molecule has 2 heteroatoms. The highest BCUT2D eigenvalue weighted by Gasteiger charge is 2.47. The highest BCUT2D eigenvalue weighted by atomic mass is 16.6. The SMILES string of the molecule is O[C@]12CCCCC1=C1CCCC[C@H]1[C@@H](c1ccccc1)O2. The van der Waals surface area contributed by atoms with E-state index in [0.29, 0.717) is 5.92 Å². The summed E-state index contributed by atoms with van der Waals surface area (Å²) in [7, 11) is 0. The maximum absolute atomic E-state index is 11.1. The van der Waals surface area contributed by atoms with Crippen molar-refractivity contribution in [2.75, 3.05) is 0 Å². The van der Waals surface area contributed by atoms with Crippen LogP contribution in [-0.2, 0) is 4.74 Å². The second-order valence-electron chi connectivity index (χ2n) is 6.80. The first-order valence-corrected chi connectivity index (χ1v) is 8.45. The van der Waals surface area contributed by atoms with Gasteiger partial charge in [0.1, 0.15) is 0 Å². The number of hydrogen-bond donors (Lipinski definition) is 1. The summed E-state index contributed by atoms with van der Waals surface area (Å²) in [5.41, 5.74) is 3.99. The van der Waals surface area contributed by atoms with Gasteiger partial charge in [-0.1, -0.05) is 42.3 Å². The van der Waals surface area contributed by atoms with Crippen LogP contribution in [0.15, 0.2) is 41.5 Å². The highest BCUT2D eigenvalue weighted by Crippen LogP contribution is 2.53. The van der Waals surface area contributed by atoms with E-state index in [1.54, 1.807) is 0 Å². The van der Waals surface area contributed by atoms with Crippen molar-refractivity contribution in [2.45, 2.75) is 63.3 Å². The molecule has 3 atom stereocenters. The number of ether oxygens (including phenoxy) is 1. The molecule has 0 aromatic heterocycles. The van der Waals surface area contributed by atoms with E-state index in [4.69, 9.17) is 4.74 Å². The summed E-state index contributed by atoms with van der Waals surface area (Å²) in [4.78, 5) is 0. The van der Waals surface area contributed by atoms with Crippen LogP contribution in [0.5, 0.6) is 0 Å². The Labute approximate surface area is 126 Å². The molecule has 2 nitrogen and oxygen atoms in total. The van der Waals surface area contributed by atoms with Crippen molar-refractivity contribution in [3.63, 3.8) is 0 Å². The van der Waals surface area contributed by atoms with Gasteiger partial charge in [0.25, 0.3) is 0 Å². The maximum atomic E-state index is 11.1. The Morgan fingerprint density at radius 3 is 2.67 bits per heavy atom. The fourth-order valence-electron chi connectivity index (χ4n) is 4.54. The van der Waals surface area contributed by atoms with Gasteiger partial charge >= 0.3 is 0 Å². The van der Waals surface area contributed by atoms with E-state index in [0.717, 1.165) is 25.7 Å². The van der Waals surface area contributed by atoms with Gasteiger partial charge in [0, 0.05) is 12.3 Å². The lowest BCUT2D eigenvalue weighted by Gasteiger charge is -2.48. The molecule has 1 aromatic rings. The van der Waals surface area contributed by atoms with E-state index in [9.17, 15) is 5.11 Å². The molecule has 3 aliphatic rings. The summed E-state index contributed by atoms with van der Waals surface area (Å²) in [5.74, 6) is -0.503. The first-order chi connectivity index (χ1) is 10.3.